The van der Waals surface area contributed by atoms with E-state index < -0.39 is 5.97 Å². The van der Waals surface area contributed by atoms with E-state index in [2.05, 4.69) is 11.8 Å². The van der Waals surface area contributed by atoms with Gasteiger partial charge in [0.15, 0.2) is 0 Å². The average molecular weight is 390 g/mol. The van der Waals surface area contributed by atoms with E-state index in [1.807, 2.05) is 60.7 Å². The summed E-state index contributed by atoms with van der Waals surface area (Å²) in [7, 11) is 0. The maximum absolute atomic E-state index is 12.7. The number of ether oxygens (including phenoxy) is 1. The van der Waals surface area contributed by atoms with Crippen LogP contribution >= 0.6 is 0 Å². The van der Waals surface area contributed by atoms with Gasteiger partial charge >= 0.3 is 5.97 Å². The molecule has 2 aromatic rings. The molecule has 0 spiro atoms. The van der Waals surface area contributed by atoms with Crippen molar-refractivity contribution in [2.24, 2.45) is 0 Å². The summed E-state index contributed by atoms with van der Waals surface area (Å²) in [5.41, 5.74) is 2.35. The zero-order chi connectivity index (χ0) is 20.7. The molecule has 152 valence electrons. The van der Waals surface area contributed by atoms with Crippen LogP contribution in [0.2, 0.25) is 0 Å². The van der Waals surface area contributed by atoms with Crippen molar-refractivity contribution in [1.82, 2.24) is 0 Å². The van der Waals surface area contributed by atoms with Crippen LogP contribution in [0.25, 0.3) is 10.4 Å². The summed E-state index contributed by atoms with van der Waals surface area (Å²) in [5.74, 6) is -0.536. The van der Waals surface area contributed by atoms with Crippen molar-refractivity contribution in [2.45, 2.75) is 58.3 Å². The molecule has 2 aromatic carbocycles. The average Bonchev–Trinajstić information content (AvgIpc) is 2.77. The van der Waals surface area contributed by atoms with Gasteiger partial charge in [-0.2, -0.15) is 0 Å². The van der Waals surface area contributed by atoms with Crippen molar-refractivity contribution < 1.29 is 9.53 Å². The molecule has 3 heteroatoms. The van der Waals surface area contributed by atoms with Crippen molar-refractivity contribution in [2.75, 3.05) is 6.61 Å². The molecular formula is C26H31NO2. The lowest BCUT2D eigenvalue weighted by Crippen LogP contribution is -2.09. The van der Waals surface area contributed by atoms with Gasteiger partial charge in [0.1, 0.15) is 0 Å². The second-order valence-corrected chi connectivity index (χ2v) is 7.18. The molecule has 0 bridgehead atoms. The molecule has 0 saturated carbocycles. The summed E-state index contributed by atoms with van der Waals surface area (Å²) in [5, 5.41) is 0. The van der Waals surface area contributed by atoms with Crippen LogP contribution in [0.4, 0.5) is 0 Å². The van der Waals surface area contributed by atoms with Crippen LogP contribution in [0.5, 0.6) is 0 Å². The molecule has 0 atom stereocenters. The van der Waals surface area contributed by atoms with Gasteiger partial charge in [-0.05, 0) is 17.5 Å². The first-order chi connectivity index (χ1) is 14.3. The third kappa shape index (κ3) is 7.58. The van der Waals surface area contributed by atoms with E-state index >= 15 is 0 Å². The van der Waals surface area contributed by atoms with Gasteiger partial charge in [-0.25, -0.2) is 4.85 Å². The first-order valence-corrected chi connectivity index (χ1v) is 10.7. The predicted molar refractivity (Wildman–Crippen MR) is 119 cm³/mol. The lowest BCUT2D eigenvalue weighted by molar-refractivity contribution is -0.138. The lowest BCUT2D eigenvalue weighted by atomic mass is 9.96. The number of carbonyl (C=O) groups excluding carboxylic acids is 1. The Balaban J connectivity index is 1.99. The van der Waals surface area contributed by atoms with Crippen LogP contribution in [0.15, 0.2) is 66.4 Å². The number of nitrogens with zero attached hydrogens (tertiary/aromatic N) is 1. The van der Waals surface area contributed by atoms with Gasteiger partial charge in [-0.1, -0.05) is 113 Å². The Bertz CT molecular complexity index is 762. The van der Waals surface area contributed by atoms with E-state index in [1.165, 1.54) is 38.5 Å². The fourth-order valence-corrected chi connectivity index (χ4v) is 3.32. The van der Waals surface area contributed by atoms with Crippen LogP contribution in [-0.2, 0) is 9.53 Å². The van der Waals surface area contributed by atoms with Crippen LogP contribution in [0, 0.1) is 6.57 Å². The van der Waals surface area contributed by atoms with E-state index in [4.69, 9.17) is 11.3 Å². The minimum Gasteiger partial charge on any atom is -0.471 e. The van der Waals surface area contributed by atoms with Crippen LogP contribution in [0.1, 0.15) is 69.4 Å². The number of unbranched alkanes of at least 4 members (excludes halogenated alkanes) is 7. The molecule has 0 N–H and O–H groups in total. The highest BCUT2D eigenvalue weighted by molar-refractivity contribution is 6.03. The van der Waals surface area contributed by atoms with Gasteiger partial charge in [-0.3, -0.25) is 4.79 Å². The number of hydrogen-bond donors (Lipinski definition) is 0. The Labute approximate surface area is 175 Å². The maximum atomic E-state index is 12.7. The molecule has 0 aliphatic heterocycles. The maximum Gasteiger partial charge on any atom is 0.336 e. The summed E-state index contributed by atoms with van der Waals surface area (Å²) in [6.07, 6.45) is 9.49. The molecule has 0 aliphatic carbocycles. The van der Waals surface area contributed by atoms with Crippen LogP contribution in [-0.4, -0.2) is 12.6 Å². The van der Waals surface area contributed by atoms with Crippen molar-refractivity contribution in [3.8, 4) is 0 Å². The molecular weight excluding hydrogens is 358 g/mol. The SMILES string of the molecule is [C-]#[N+]C(C(=O)OCCCCCCCCCC)=C(c1ccccc1)c1ccccc1. The van der Waals surface area contributed by atoms with Crippen molar-refractivity contribution in [3.63, 3.8) is 0 Å². The Morgan fingerprint density at radius 1 is 0.793 bits per heavy atom. The van der Waals surface area contributed by atoms with Gasteiger partial charge < -0.3 is 4.74 Å². The first-order valence-electron chi connectivity index (χ1n) is 10.7. The Kier molecular flexibility index (Phi) is 10.3. The van der Waals surface area contributed by atoms with Crippen LogP contribution < -0.4 is 0 Å². The largest absolute Gasteiger partial charge is 0.471 e. The lowest BCUT2D eigenvalue weighted by Gasteiger charge is -2.12. The Morgan fingerprint density at radius 2 is 1.28 bits per heavy atom. The zero-order valence-electron chi connectivity index (χ0n) is 17.4. The topological polar surface area (TPSA) is 30.7 Å². The monoisotopic (exact) mass is 389 g/mol. The third-order valence-electron chi connectivity index (χ3n) is 4.90. The molecule has 0 unspecified atom stereocenters. The minimum atomic E-state index is -0.536. The van der Waals surface area contributed by atoms with E-state index in [9.17, 15) is 4.79 Å². The van der Waals surface area contributed by atoms with Gasteiger partial charge in [0.05, 0.1) is 13.2 Å². The first kappa shape index (κ1) is 22.4. The van der Waals surface area contributed by atoms with E-state index in [0.717, 1.165) is 24.0 Å². The van der Waals surface area contributed by atoms with Crippen molar-refractivity contribution in [3.05, 3.63) is 88.9 Å². The van der Waals surface area contributed by atoms with E-state index in [1.54, 1.807) is 0 Å². The summed E-state index contributed by atoms with van der Waals surface area (Å²) >= 11 is 0. The van der Waals surface area contributed by atoms with Gasteiger partial charge in [0.25, 0.3) is 5.70 Å². The molecule has 3 nitrogen and oxygen atoms in total. The van der Waals surface area contributed by atoms with E-state index in [0.29, 0.717) is 12.2 Å². The normalized spacial score (nSPS) is 10.2. The second-order valence-electron chi connectivity index (χ2n) is 7.18. The highest BCUT2D eigenvalue weighted by Gasteiger charge is 2.20. The molecule has 2 rings (SSSR count). The summed E-state index contributed by atoms with van der Waals surface area (Å²) in [6, 6.07) is 19.1. The fourth-order valence-electron chi connectivity index (χ4n) is 3.32. The summed E-state index contributed by atoms with van der Waals surface area (Å²) in [6.45, 7) is 10.2. The number of benzene rings is 2. The highest BCUT2D eigenvalue weighted by Crippen LogP contribution is 2.28. The fraction of sp³-hybridized carbons (Fsp3) is 0.385. The molecule has 0 amide bonds. The molecule has 0 radical (unpaired) electrons. The van der Waals surface area contributed by atoms with Crippen molar-refractivity contribution in [1.29, 1.82) is 0 Å². The third-order valence-corrected chi connectivity index (χ3v) is 4.90. The number of esters is 1. The minimum absolute atomic E-state index is 0.0435. The number of rotatable bonds is 12. The molecule has 0 heterocycles. The number of hydrogen-bond acceptors (Lipinski definition) is 2. The molecule has 0 aliphatic rings. The van der Waals surface area contributed by atoms with Gasteiger partial charge in [-0.15, -0.1) is 0 Å². The molecule has 0 fully saturated rings. The van der Waals surface area contributed by atoms with Crippen molar-refractivity contribution >= 4 is 11.5 Å². The standard InChI is InChI=1S/C26H31NO2/c1-3-4-5-6-7-8-9-16-21-29-26(28)25(27-2)24(22-17-12-10-13-18-22)23-19-14-11-15-20-23/h10-15,17-20H,3-9,16,21H2,1H3. The van der Waals surface area contributed by atoms with Gasteiger partial charge in [0.2, 0.25) is 0 Å². The summed E-state index contributed by atoms with van der Waals surface area (Å²) in [4.78, 5) is 16.2. The van der Waals surface area contributed by atoms with Gasteiger partial charge in [0, 0.05) is 5.57 Å². The summed E-state index contributed by atoms with van der Waals surface area (Å²) < 4.78 is 5.45. The molecule has 0 aromatic heterocycles. The van der Waals surface area contributed by atoms with Crippen LogP contribution in [0.3, 0.4) is 0 Å². The predicted octanol–water partition coefficient (Wildman–Crippen LogP) is 7.05. The van der Waals surface area contributed by atoms with E-state index in [-0.39, 0.29) is 5.70 Å². The zero-order valence-corrected chi connectivity index (χ0v) is 17.4. The Morgan fingerprint density at radius 3 is 1.76 bits per heavy atom. The quantitative estimate of drug-likeness (QED) is 0.168. The Hall–Kier alpha value is -2.86. The molecule has 0 saturated heterocycles. The molecule has 29 heavy (non-hydrogen) atoms. The smallest absolute Gasteiger partial charge is 0.336 e. The number of carbonyl (C=O) groups is 1. The highest BCUT2D eigenvalue weighted by atomic mass is 16.5. The second kappa shape index (κ2) is 13.3.